The van der Waals surface area contributed by atoms with E-state index in [2.05, 4.69) is 14.9 Å². The van der Waals surface area contributed by atoms with E-state index in [0.29, 0.717) is 17.8 Å². The number of hydrogen-bond acceptors (Lipinski definition) is 4. The summed E-state index contributed by atoms with van der Waals surface area (Å²) in [7, 11) is 1.62. The summed E-state index contributed by atoms with van der Waals surface area (Å²) in [5.41, 5.74) is 0. The maximum absolute atomic E-state index is 5.85. The minimum Gasteiger partial charge on any atom is -0.481 e. The van der Waals surface area contributed by atoms with Gasteiger partial charge in [-0.25, -0.2) is 4.98 Å². The summed E-state index contributed by atoms with van der Waals surface area (Å²) < 4.78 is 5.14. The molecule has 0 saturated carbocycles. The number of piperidine rings is 1. The highest BCUT2D eigenvalue weighted by Gasteiger charge is 2.24. The smallest absolute Gasteiger partial charge is 0.228 e. The normalized spacial score (nSPS) is 20.4. The van der Waals surface area contributed by atoms with Crippen molar-refractivity contribution in [1.82, 2.24) is 9.97 Å². The SMILES string of the molecule is COc1ccnc(N2CCCCC2CCCl)n1. The summed E-state index contributed by atoms with van der Waals surface area (Å²) in [6.45, 7) is 1.01. The molecule has 1 aromatic rings. The zero-order chi connectivity index (χ0) is 12.1. The van der Waals surface area contributed by atoms with Gasteiger partial charge in [-0.2, -0.15) is 4.98 Å². The van der Waals surface area contributed by atoms with Gasteiger partial charge in [0.1, 0.15) is 0 Å². The number of rotatable bonds is 4. The average Bonchev–Trinajstić information content (AvgIpc) is 2.40. The second-order valence-electron chi connectivity index (χ2n) is 4.22. The number of anilines is 1. The summed E-state index contributed by atoms with van der Waals surface area (Å²) in [5, 5.41) is 0. The Labute approximate surface area is 107 Å². The van der Waals surface area contributed by atoms with E-state index in [9.17, 15) is 0 Å². The van der Waals surface area contributed by atoms with Gasteiger partial charge in [0.05, 0.1) is 7.11 Å². The molecule has 0 aromatic carbocycles. The lowest BCUT2D eigenvalue weighted by Crippen LogP contribution is -2.40. The van der Waals surface area contributed by atoms with Crippen LogP contribution < -0.4 is 9.64 Å². The van der Waals surface area contributed by atoms with Gasteiger partial charge in [-0.3, -0.25) is 0 Å². The molecule has 1 aliphatic heterocycles. The van der Waals surface area contributed by atoms with Crippen LogP contribution in [0.25, 0.3) is 0 Å². The van der Waals surface area contributed by atoms with Crippen molar-refractivity contribution in [2.24, 2.45) is 0 Å². The fourth-order valence-electron chi connectivity index (χ4n) is 2.27. The topological polar surface area (TPSA) is 38.2 Å². The summed E-state index contributed by atoms with van der Waals surface area (Å²) in [6.07, 6.45) is 6.37. The van der Waals surface area contributed by atoms with E-state index >= 15 is 0 Å². The third-order valence-electron chi connectivity index (χ3n) is 3.15. The molecular formula is C12H18ClN3O. The van der Waals surface area contributed by atoms with Crippen molar-refractivity contribution in [1.29, 1.82) is 0 Å². The van der Waals surface area contributed by atoms with Gasteiger partial charge in [-0.15, -0.1) is 11.6 Å². The lowest BCUT2D eigenvalue weighted by Gasteiger charge is -2.35. The molecular weight excluding hydrogens is 238 g/mol. The fraction of sp³-hybridized carbons (Fsp3) is 0.667. The molecule has 4 nitrogen and oxygen atoms in total. The van der Waals surface area contributed by atoms with E-state index in [1.807, 2.05) is 0 Å². The Balaban J connectivity index is 2.16. The second kappa shape index (κ2) is 6.05. The van der Waals surface area contributed by atoms with Crippen molar-refractivity contribution in [2.75, 3.05) is 24.4 Å². The standard InChI is InChI=1S/C12H18ClN3O/c1-17-11-6-8-14-12(15-11)16-9-3-2-4-10(16)5-7-13/h6,8,10H,2-5,7,9H2,1H3. The van der Waals surface area contributed by atoms with Crippen LogP contribution >= 0.6 is 11.6 Å². The monoisotopic (exact) mass is 255 g/mol. The van der Waals surface area contributed by atoms with Gasteiger partial charge in [0.25, 0.3) is 0 Å². The van der Waals surface area contributed by atoms with Crippen molar-refractivity contribution in [3.63, 3.8) is 0 Å². The number of hydrogen-bond donors (Lipinski definition) is 0. The quantitative estimate of drug-likeness (QED) is 0.775. The van der Waals surface area contributed by atoms with Gasteiger partial charge in [0, 0.05) is 30.7 Å². The van der Waals surface area contributed by atoms with Crippen LogP contribution in [0.15, 0.2) is 12.3 Å². The second-order valence-corrected chi connectivity index (χ2v) is 4.60. The zero-order valence-corrected chi connectivity index (χ0v) is 10.9. The van der Waals surface area contributed by atoms with E-state index in [1.165, 1.54) is 19.3 Å². The molecule has 17 heavy (non-hydrogen) atoms. The molecule has 2 heterocycles. The Morgan fingerprint density at radius 1 is 1.53 bits per heavy atom. The summed E-state index contributed by atoms with van der Waals surface area (Å²) in [6, 6.07) is 2.23. The van der Waals surface area contributed by atoms with Crippen LogP contribution in [0.2, 0.25) is 0 Å². The summed E-state index contributed by atoms with van der Waals surface area (Å²) in [4.78, 5) is 11.0. The van der Waals surface area contributed by atoms with Crippen LogP contribution in [-0.4, -0.2) is 35.5 Å². The first kappa shape index (κ1) is 12.4. The summed E-state index contributed by atoms with van der Waals surface area (Å²) >= 11 is 5.85. The zero-order valence-electron chi connectivity index (χ0n) is 10.1. The molecule has 94 valence electrons. The number of alkyl halides is 1. The Bertz CT molecular complexity index is 359. The number of halogens is 1. The lowest BCUT2D eigenvalue weighted by atomic mass is 10.0. The molecule has 0 spiro atoms. The highest BCUT2D eigenvalue weighted by Crippen LogP contribution is 2.24. The van der Waals surface area contributed by atoms with Crippen molar-refractivity contribution in [3.8, 4) is 5.88 Å². The Morgan fingerprint density at radius 3 is 3.18 bits per heavy atom. The number of aromatic nitrogens is 2. The lowest BCUT2D eigenvalue weighted by molar-refractivity contribution is 0.392. The third kappa shape index (κ3) is 3.00. The molecule has 1 fully saturated rings. The maximum atomic E-state index is 5.85. The van der Waals surface area contributed by atoms with E-state index in [1.54, 1.807) is 19.4 Å². The van der Waals surface area contributed by atoms with Gasteiger partial charge in [0.15, 0.2) is 0 Å². The van der Waals surface area contributed by atoms with Crippen LogP contribution in [0, 0.1) is 0 Å². The van der Waals surface area contributed by atoms with E-state index in [-0.39, 0.29) is 0 Å². The molecule has 0 radical (unpaired) electrons. The number of methoxy groups -OCH3 is 1. The first-order valence-electron chi connectivity index (χ1n) is 6.05. The Morgan fingerprint density at radius 2 is 2.41 bits per heavy atom. The van der Waals surface area contributed by atoms with Crippen molar-refractivity contribution in [2.45, 2.75) is 31.7 Å². The molecule has 1 aliphatic rings. The molecule has 5 heteroatoms. The van der Waals surface area contributed by atoms with E-state index in [0.717, 1.165) is 18.9 Å². The molecule has 0 N–H and O–H groups in total. The molecule has 0 bridgehead atoms. The molecule has 1 saturated heterocycles. The van der Waals surface area contributed by atoms with Crippen LogP contribution in [0.3, 0.4) is 0 Å². The van der Waals surface area contributed by atoms with Gasteiger partial charge in [0.2, 0.25) is 11.8 Å². The van der Waals surface area contributed by atoms with Crippen LogP contribution in [0.4, 0.5) is 5.95 Å². The molecule has 1 aromatic heterocycles. The van der Waals surface area contributed by atoms with E-state index < -0.39 is 0 Å². The van der Waals surface area contributed by atoms with Crippen LogP contribution in [-0.2, 0) is 0 Å². The van der Waals surface area contributed by atoms with Crippen LogP contribution in [0.1, 0.15) is 25.7 Å². The number of ether oxygens (including phenoxy) is 1. The van der Waals surface area contributed by atoms with Gasteiger partial charge >= 0.3 is 0 Å². The third-order valence-corrected chi connectivity index (χ3v) is 3.37. The predicted molar refractivity (Wildman–Crippen MR) is 68.9 cm³/mol. The van der Waals surface area contributed by atoms with Crippen molar-refractivity contribution in [3.05, 3.63) is 12.3 Å². The molecule has 0 aliphatic carbocycles. The average molecular weight is 256 g/mol. The highest BCUT2D eigenvalue weighted by molar-refractivity contribution is 6.17. The van der Waals surface area contributed by atoms with Crippen molar-refractivity contribution >= 4 is 17.5 Å². The molecule has 1 atom stereocenters. The van der Waals surface area contributed by atoms with Gasteiger partial charge in [-0.05, 0) is 25.7 Å². The van der Waals surface area contributed by atoms with Gasteiger partial charge in [-0.1, -0.05) is 0 Å². The number of nitrogens with zero attached hydrogens (tertiary/aromatic N) is 3. The first-order chi connectivity index (χ1) is 8.35. The minimum absolute atomic E-state index is 0.466. The van der Waals surface area contributed by atoms with Crippen LogP contribution in [0.5, 0.6) is 5.88 Å². The first-order valence-corrected chi connectivity index (χ1v) is 6.58. The molecule has 2 rings (SSSR count). The predicted octanol–water partition coefficient (Wildman–Crippen LogP) is 2.47. The highest BCUT2D eigenvalue weighted by atomic mass is 35.5. The van der Waals surface area contributed by atoms with Crippen molar-refractivity contribution < 1.29 is 4.74 Å². The minimum atomic E-state index is 0.466. The largest absolute Gasteiger partial charge is 0.481 e. The van der Waals surface area contributed by atoms with Gasteiger partial charge < -0.3 is 9.64 Å². The Hall–Kier alpha value is -1.03. The van der Waals surface area contributed by atoms with E-state index in [4.69, 9.17) is 16.3 Å². The summed E-state index contributed by atoms with van der Waals surface area (Å²) in [5.74, 6) is 2.06. The maximum Gasteiger partial charge on any atom is 0.228 e. The fourth-order valence-corrected chi connectivity index (χ4v) is 2.53. The molecule has 0 amide bonds. The Kier molecular flexibility index (Phi) is 4.42. The molecule has 1 unspecified atom stereocenters.